The number of terminal acetylenes is 1. The zero-order valence-corrected chi connectivity index (χ0v) is 9.71. The van der Waals surface area contributed by atoms with E-state index in [0.717, 1.165) is 25.7 Å². The summed E-state index contributed by atoms with van der Waals surface area (Å²) in [7, 11) is 1.64. The number of carbonyl (C=O) groups is 1. The smallest absolute Gasteiger partial charge is 0.165 e. The van der Waals surface area contributed by atoms with Crippen LogP contribution in [0.3, 0.4) is 0 Å². The van der Waals surface area contributed by atoms with E-state index in [4.69, 9.17) is 11.2 Å². The normalized spacial score (nSPS) is 30.9. The molecule has 2 nitrogen and oxygen atoms in total. The third-order valence-corrected chi connectivity index (χ3v) is 3.48. The molecule has 0 unspecified atom stereocenters. The zero-order valence-electron chi connectivity index (χ0n) is 9.71. The summed E-state index contributed by atoms with van der Waals surface area (Å²) in [6, 6.07) is 0. The highest BCUT2D eigenvalue weighted by Crippen LogP contribution is 2.35. The fourth-order valence-electron chi connectivity index (χ4n) is 2.24. The van der Waals surface area contributed by atoms with Gasteiger partial charge in [0.05, 0.1) is 0 Å². The third kappa shape index (κ3) is 2.82. The summed E-state index contributed by atoms with van der Waals surface area (Å²) < 4.78 is 5.47. The van der Waals surface area contributed by atoms with Gasteiger partial charge in [-0.15, -0.1) is 12.3 Å². The number of hydrogen-bond donors (Lipinski definition) is 0. The van der Waals surface area contributed by atoms with Crippen LogP contribution in [0.5, 0.6) is 0 Å². The molecule has 0 aromatic rings. The summed E-state index contributed by atoms with van der Waals surface area (Å²) in [5.74, 6) is 3.42. The first-order valence-corrected chi connectivity index (χ1v) is 5.66. The van der Waals surface area contributed by atoms with Crippen molar-refractivity contribution in [2.24, 2.45) is 5.92 Å². The molecule has 0 amide bonds. The average molecular weight is 208 g/mol. The molecule has 0 spiro atoms. The van der Waals surface area contributed by atoms with E-state index in [2.05, 4.69) is 12.8 Å². The monoisotopic (exact) mass is 208 g/mol. The average Bonchev–Trinajstić information content (AvgIpc) is 2.27. The van der Waals surface area contributed by atoms with Crippen molar-refractivity contribution in [1.82, 2.24) is 0 Å². The van der Waals surface area contributed by atoms with Crippen molar-refractivity contribution in [3.63, 3.8) is 0 Å². The van der Waals surface area contributed by atoms with Crippen LogP contribution < -0.4 is 0 Å². The lowest BCUT2D eigenvalue weighted by atomic mass is 9.76. The van der Waals surface area contributed by atoms with Crippen molar-refractivity contribution in [3.05, 3.63) is 0 Å². The summed E-state index contributed by atoms with van der Waals surface area (Å²) in [6.45, 7) is 2.23. The van der Waals surface area contributed by atoms with Gasteiger partial charge in [-0.2, -0.15) is 0 Å². The number of hydrogen-bond acceptors (Lipinski definition) is 2. The molecule has 1 saturated carbocycles. The van der Waals surface area contributed by atoms with E-state index in [1.165, 1.54) is 0 Å². The van der Waals surface area contributed by atoms with Gasteiger partial charge in [-0.1, -0.05) is 6.92 Å². The minimum Gasteiger partial charge on any atom is -0.370 e. The lowest BCUT2D eigenvalue weighted by molar-refractivity contribution is -0.146. The van der Waals surface area contributed by atoms with Gasteiger partial charge in [-0.05, 0) is 31.6 Å². The second kappa shape index (κ2) is 5.32. The molecule has 0 aromatic heterocycles. The predicted molar refractivity (Wildman–Crippen MR) is 60.4 cm³/mol. The molecule has 0 bridgehead atoms. The molecule has 0 N–H and O–H groups in total. The van der Waals surface area contributed by atoms with Crippen LogP contribution in [0, 0.1) is 18.3 Å². The molecule has 0 heterocycles. The number of methoxy groups -OCH3 is 1. The third-order valence-electron chi connectivity index (χ3n) is 3.48. The van der Waals surface area contributed by atoms with Gasteiger partial charge >= 0.3 is 0 Å². The van der Waals surface area contributed by atoms with Crippen molar-refractivity contribution < 1.29 is 9.53 Å². The Morgan fingerprint density at radius 1 is 1.53 bits per heavy atom. The highest BCUT2D eigenvalue weighted by atomic mass is 16.5. The second-order valence-corrected chi connectivity index (χ2v) is 4.51. The minimum absolute atomic E-state index is 0.190. The summed E-state index contributed by atoms with van der Waals surface area (Å²) >= 11 is 0. The Hall–Kier alpha value is -0.810. The Balaban J connectivity index is 2.60. The lowest BCUT2D eigenvalue weighted by Gasteiger charge is -2.36. The van der Waals surface area contributed by atoms with Crippen molar-refractivity contribution >= 4 is 5.78 Å². The molecule has 0 radical (unpaired) electrons. The van der Waals surface area contributed by atoms with Crippen LogP contribution in [0.2, 0.25) is 0 Å². The van der Waals surface area contributed by atoms with E-state index in [1.54, 1.807) is 7.11 Å². The van der Waals surface area contributed by atoms with E-state index in [9.17, 15) is 4.79 Å². The van der Waals surface area contributed by atoms with Gasteiger partial charge < -0.3 is 4.74 Å². The standard InChI is InChI=1S/C13H20O2/c1-4-5-6-12(14)13(15-3)9-7-11(2)8-10-13/h1,11H,5-10H2,2-3H3. The highest BCUT2D eigenvalue weighted by Gasteiger charge is 2.40. The van der Waals surface area contributed by atoms with Crippen molar-refractivity contribution in [3.8, 4) is 12.3 Å². The Kier molecular flexibility index (Phi) is 4.35. The van der Waals surface area contributed by atoms with Gasteiger partial charge in [0.1, 0.15) is 5.60 Å². The maximum absolute atomic E-state index is 12.0. The molecular weight excluding hydrogens is 188 g/mol. The summed E-state index contributed by atoms with van der Waals surface area (Å²) in [5.41, 5.74) is -0.524. The summed E-state index contributed by atoms with van der Waals surface area (Å²) in [6.07, 6.45) is 10.0. The largest absolute Gasteiger partial charge is 0.370 e. The molecule has 0 atom stereocenters. The second-order valence-electron chi connectivity index (χ2n) is 4.51. The molecule has 84 valence electrons. The number of rotatable bonds is 4. The van der Waals surface area contributed by atoms with Gasteiger partial charge in [0.25, 0.3) is 0 Å². The van der Waals surface area contributed by atoms with Crippen LogP contribution in [-0.2, 0) is 9.53 Å². The Morgan fingerprint density at radius 3 is 2.60 bits per heavy atom. The fraction of sp³-hybridized carbons (Fsp3) is 0.769. The van der Waals surface area contributed by atoms with Crippen molar-refractivity contribution in [1.29, 1.82) is 0 Å². The molecule has 0 aromatic carbocycles. The van der Waals surface area contributed by atoms with Crippen LogP contribution in [0.15, 0.2) is 0 Å². The molecule has 0 saturated heterocycles. The molecular formula is C13H20O2. The molecule has 15 heavy (non-hydrogen) atoms. The summed E-state index contributed by atoms with van der Waals surface area (Å²) in [5, 5.41) is 0. The molecule has 1 fully saturated rings. The van der Waals surface area contributed by atoms with E-state index < -0.39 is 5.60 Å². The van der Waals surface area contributed by atoms with E-state index in [-0.39, 0.29) is 5.78 Å². The molecule has 1 aliphatic rings. The number of carbonyl (C=O) groups excluding carboxylic acids is 1. The van der Waals surface area contributed by atoms with E-state index in [1.807, 2.05) is 0 Å². The van der Waals surface area contributed by atoms with Gasteiger partial charge in [-0.3, -0.25) is 4.79 Å². The van der Waals surface area contributed by atoms with Gasteiger partial charge in [0.15, 0.2) is 5.78 Å². The SMILES string of the molecule is C#CCCC(=O)C1(OC)CCC(C)CC1. The maximum atomic E-state index is 12.0. The van der Waals surface area contributed by atoms with Crippen LogP contribution >= 0.6 is 0 Å². The topological polar surface area (TPSA) is 26.3 Å². The Morgan fingerprint density at radius 2 is 2.13 bits per heavy atom. The maximum Gasteiger partial charge on any atom is 0.165 e. The molecule has 1 aliphatic carbocycles. The predicted octanol–water partition coefficient (Wildman–Crippen LogP) is 2.56. The Labute approximate surface area is 92.4 Å². The molecule has 0 aliphatic heterocycles. The first-order chi connectivity index (χ1) is 7.14. The lowest BCUT2D eigenvalue weighted by Crippen LogP contribution is -2.43. The van der Waals surface area contributed by atoms with Crippen LogP contribution in [0.25, 0.3) is 0 Å². The quantitative estimate of drug-likeness (QED) is 0.664. The summed E-state index contributed by atoms with van der Waals surface area (Å²) in [4.78, 5) is 12.0. The van der Waals surface area contributed by atoms with Crippen LogP contribution in [0.1, 0.15) is 45.4 Å². The van der Waals surface area contributed by atoms with Gasteiger partial charge in [-0.25, -0.2) is 0 Å². The number of Topliss-reactive ketones (excluding diaryl/α,β-unsaturated/α-hetero) is 1. The first-order valence-electron chi connectivity index (χ1n) is 5.66. The van der Waals surface area contributed by atoms with Crippen LogP contribution in [0.4, 0.5) is 0 Å². The van der Waals surface area contributed by atoms with Crippen LogP contribution in [-0.4, -0.2) is 18.5 Å². The highest BCUT2D eigenvalue weighted by molar-refractivity contribution is 5.87. The molecule has 1 rings (SSSR count). The zero-order chi connectivity index (χ0) is 11.3. The van der Waals surface area contributed by atoms with Gasteiger partial charge in [0.2, 0.25) is 0 Å². The van der Waals surface area contributed by atoms with Crippen molar-refractivity contribution in [2.45, 2.75) is 51.0 Å². The van der Waals surface area contributed by atoms with E-state index in [0.29, 0.717) is 18.8 Å². The molecule has 2 heteroatoms. The number of ether oxygens (including phenoxy) is 1. The Bertz CT molecular complexity index is 254. The van der Waals surface area contributed by atoms with Crippen molar-refractivity contribution in [2.75, 3.05) is 7.11 Å². The van der Waals surface area contributed by atoms with E-state index >= 15 is 0 Å². The fourth-order valence-corrected chi connectivity index (χ4v) is 2.24. The van der Waals surface area contributed by atoms with Gasteiger partial charge in [0, 0.05) is 20.0 Å². The minimum atomic E-state index is -0.524. The first kappa shape index (κ1) is 12.3. The number of ketones is 1.